The standard InChI is InChI=1S/C18H24N6O/c25-18(20-14-5-1-2-6-14)24-12-4-3-7-15(24)17-21-16(22-23-17)13-8-10-19-11-9-13/h8-11,14-15H,1-7,12H2,(H,20,25)(H,21,22,23). The molecular weight excluding hydrogens is 316 g/mol. The summed E-state index contributed by atoms with van der Waals surface area (Å²) in [7, 11) is 0. The van der Waals surface area contributed by atoms with Crippen molar-refractivity contribution < 1.29 is 4.79 Å². The first-order valence-electron chi connectivity index (χ1n) is 9.21. The third-order valence-electron chi connectivity index (χ3n) is 5.20. The molecule has 1 saturated heterocycles. The molecule has 3 heterocycles. The summed E-state index contributed by atoms with van der Waals surface area (Å²) in [5.41, 5.74) is 0.926. The number of nitrogens with one attached hydrogen (secondary N) is 2. The largest absolute Gasteiger partial charge is 0.335 e. The molecule has 7 nitrogen and oxygen atoms in total. The summed E-state index contributed by atoms with van der Waals surface area (Å²) in [5.74, 6) is 1.42. The summed E-state index contributed by atoms with van der Waals surface area (Å²) in [6.07, 6.45) is 11.1. The van der Waals surface area contributed by atoms with Gasteiger partial charge in [-0.25, -0.2) is 9.78 Å². The highest BCUT2D eigenvalue weighted by Crippen LogP contribution is 2.30. The van der Waals surface area contributed by atoms with Crippen LogP contribution in [0.25, 0.3) is 11.4 Å². The van der Waals surface area contributed by atoms with Crippen LogP contribution in [0.15, 0.2) is 24.5 Å². The smallest absolute Gasteiger partial charge is 0.318 e. The average molecular weight is 340 g/mol. The summed E-state index contributed by atoms with van der Waals surface area (Å²) in [6, 6.07) is 4.12. The van der Waals surface area contributed by atoms with Crippen molar-refractivity contribution in [2.45, 2.75) is 57.0 Å². The third-order valence-corrected chi connectivity index (χ3v) is 5.20. The minimum Gasteiger partial charge on any atom is -0.335 e. The number of hydrogen-bond acceptors (Lipinski definition) is 4. The van der Waals surface area contributed by atoms with Gasteiger partial charge in [0.2, 0.25) is 0 Å². The zero-order valence-corrected chi connectivity index (χ0v) is 14.3. The first kappa shape index (κ1) is 16.1. The molecule has 1 unspecified atom stereocenters. The molecule has 1 saturated carbocycles. The molecule has 0 bridgehead atoms. The van der Waals surface area contributed by atoms with E-state index in [1.165, 1.54) is 12.8 Å². The predicted octanol–water partition coefficient (Wildman–Crippen LogP) is 3.05. The number of amides is 2. The fourth-order valence-electron chi connectivity index (χ4n) is 3.84. The second-order valence-electron chi connectivity index (χ2n) is 6.92. The number of H-pyrrole nitrogens is 1. The number of urea groups is 1. The topological polar surface area (TPSA) is 86.8 Å². The number of piperidine rings is 1. The van der Waals surface area contributed by atoms with E-state index in [0.717, 1.165) is 50.0 Å². The van der Waals surface area contributed by atoms with E-state index in [-0.39, 0.29) is 12.1 Å². The Morgan fingerprint density at radius 2 is 1.88 bits per heavy atom. The molecule has 2 fully saturated rings. The van der Waals surface area contributed by atoms with Gasteiger partial charge in [-0.1, -0.05) is 12.8 Å². The first-order chi connectivity index (χ1) is 12.3. The minimum absolute atomic E-state index is 0.0294. The van der Waals surface area contributed by atoms with Crippen molar-refractivity contribution in [2.75, 3.05) is 6.54 Å². The van der Waals surface area contributed by atoms with Gasteiger partial charge in [-0.2, -0.15) is 5.10 Å². The maximum Gasteiger partial charge on any atom is 0.318 e. The van der Waals surface area contributed by atoms with Crippen LogP contribution < -0.4 is 5.32 Å². The van der Waals surface area contributed by atoms with Crippen molar-refractivity contribution in [1.82, 2.24) is 30.4 Å². The van der Waals surface area contributed by atoms with Gasteiger partial charge < -0.3 is 10.2 Å². The zero-order chi connectivity index (χ0) is 17.1. The number of carbonyl (C=O) groups is 1. The number of pyridine rings is 1. The highest BCUT2D eigenvalue weighted by atomic mass is 16.2. The number of likely N-dealkylation sites (tertiary alicyclic amines) is 1. The zero-order valence-electron chi connectivity index (χ0n) is 14.3. The molecule has 4 rings (SSSR count). The second kappa shape index (κ2) is 7.21. The van der Waals surface area contributed by atoms with Crippen LogP contribution in [0.3, 0.4) is 0 Å². The molecule has 0 aromatic carbocycles. The number of aromatic amines is 1. The third kappa shape index (κ3) is 3.50. The maximum atomic E-state index is 12.8. The van der Waals surface area contributed by atoms with Crippen LogP contribution >= 0.6 is 0 Å². The first-order valence-corrected chi connectivity index (χ1v) is 9.21. The highest BCUT2D eigenvalue weighted by molar-refractivity contribution is 5.75. The lowest BCUT2D eigenvalue weighted by Crippen LogP contribution is -2.47. The summed E-state index contributed by atoms with van der Waals surface area (Å²) in [4.78, 5) is 23.4. The SMILES string of the molecule is O=C(NC1CCCC1)N1CCCCC1c1nc(-c2ccncc2)n[nH]1. The van der Waals surface area contributed by atoms with Gasteiger partial charge in [0.25, 0.3) is 0 Å². The van der Waals surface area contributed by atoms with Crippen molar-refractivity contribution in [3.63, 3.8) is 0 Å². The Morgan fingerprint density at radius 1 is 1.12 bits per heavy atom. The van der Waals surface area contributed by atoms with Crippen molar-refractivity contribution in [1.29, 1.82) is 0 Å². The summed E-state index contributed by atoms with van der Waals surface area (Å²) < 4.78 is 0. The van der Waals surface area contributed by atoms with E-state index in [2.05, 4.69) is 25.5 Å². The van der Waals surface area contributed by atoms with E-state index in [9.17, 15) is 4.79 Å². The van der Waals surface area contributed by atoms with E-state index < -0.39 is 0 Å². The van der Waals surface area contributed by atoms with Gasteiger partial charge in [-0.05, 0) is 44.2 Å². The fraction of sp³-hybridized carbons (Fsp3) is 0.556. The Morgan fingerprint density at radius 3 is 2.68 bits per heavy atom. The number of rotatable bonds is 3. The molecule has 25 heavy (non-hydrogen) atoms. The summed E-state index contributed by atoms with van der Waals surface area (Å²) in [6.45, 7) is 0.772. The van der Waals surface area contributed by atoms with Crippen LogP contribution in [0.5, 0.6) is 0 Å². The Bertz CT molecular complexity index is 709. The Balaban J connectivity index is 1.51. The lowest BCUT2D eigenvalue weighted by atomic mass is 10.0. The monoisotopic (exact) mass is 340 g/mol. The summed E-state index contributed by atoms with van der Waals surface area (Å²) in [5, 5.41) is 10.6. The number of aromatic nitrogens is 4. The molecule has 2 aromatic heterocycles. The van der Waals surface area contributed by atoms with Crippen molar-refractivity contribution in [2.24, 2.45) is 0 Å². The molecule has 2 amide bonds. The molecule has 7 heteroatoms. The van der Waals surface area contributed by atoms with Crippen molar-refractivity contribution in [3.8, 4) is 11.4 Å². The van der Waals surface area contributed by atoms with Gasteiger partial charge in [0.05, 0.1) is 6.04 Å². The average Bonchev–Trinajstić information content (AvgIpc) is 3.34. The van der Waals surface area contributed by atoms with Crippen LogP contribution in [0.4, 0.5) is 4.79 Å². The van der Waals surface area contributed by atoms with Crippen molar-refractivity contribution >= 4 is 6.03 Å². The molecule has 1 atom stereocenters. The van der Waals surface area contributed by atoms with Gasteiger partial charge in [0.15, 0.2) is 5.82 Å². The van der Waals surface area contributed by atoms with Gasteiger partial charge in [0, 0.05) is 30.5 Å². The molecule has 1 aliphatic heterocycles. The van der Waals surface area contributed by atoms with Gasteiger partial charge in [0.1, 0.15) is 5.82 Å². The lowest BCUT2D eigenvalue weighted by molar-refractivity contribution is 0.144. The molecular formula is C18H24N6O. The van der Waals surface area contributed by atoms with E-state index in [1.807, 2.05) is 17.0 Å². The second-order valence-corrected chi connectivity index (χ2v) is 6.92. The van der Waals surface area contributed by atoms with E-state index in [0.29, 0.717) is 11.9 Å². The van der Waals surface area contributed by atoms with Gasteiger partial charge in [-0.15, -0.1) is 0 Å². The molecule has 1 aliphatic carbocycles. The highest BCUT2D eigenvalue weighted by Gasteiger charge is 2.32. The minimum atomic E-state index is -0.0294. The van der Waals surface area contributed by atoms with Crippen LogP contribution in [0.1, 0.15) is 56.8 Å². The Labute approximate surface area is 147 Å². The molecule has 2 N–H and O–H groups in total. The van der Waals surface area contributed by atoms with Gasteiger partial charge in [-0.3, -0.25) is 10.1 Å². The van der Waals surface area contributed by atoms with E-state index in [4.69, 9.17) is 0 Å². The molecule has 2 aliphatic rings. The Kier molecular flexibility index (Phi) is 4.63. The maximum absolute atomic E-state index is 12.8. The number of hydrogen-bond donors (Lipinski definition) is 2. The Hall–Kier alpha value is -2.44. The number of carbonyl (C=O) groups excluding carboxylic acids is 1. The molecule has 0 radical (unpaired) electrons. The fourth-order valence-corrected chi connectivity index (χ4v) is 3.84. The lowest BCUT2D eigenvalue weighted by Gasteiger charge is -2.35. The van der Waals surface area contributed by atoms with Crippen LogP contribution in [0.2, 0.25) is 0 Å². The summed E-state index contributed by atoms with van der Waals surface area (Å²) >= 11 is 0. The van der Waals surface area contributed by atoms with Crippen LogP contribution in [-0.4, -0.2) is 43.7 Å². The van der Waals surface area contributed by atoms with Crippen LogP contribution in [0, 0.1) is 0 Å². The van der Waals surface area contributed by atoms with E-state index in [1.54, 1.807) is 12.4 Å². The quantitative estimate of drug-likeness (QED) is 0.899. The molecule has 2 aromatic rings. The van der Waals surface area contributed by atoms with Crippen molar-refractivity contribution in [3.05, 3.63) is 30.4 Å². The van der Waals surface area contributed by atoms with Gasteiger partial charge >= 0.3 is 6.03 Å². The molecule has 132 valence electrons. The predicted molar refractivity (Wildman–Crippen MR) is 93.7 cm³/mol. The number of nitrogens with zero attached hydrogens (tertiary/aromatic N) is 4. The van der Waals surface area contributed by atoms with E-state index >= 15 is 0 Å². The molecule has 0 spiro atoms. The normalized spacial score (nSPS) is 21.4. The van der Waals surface area contributed by atoms with Crippen LogP contribution in [-0.2, 0) is 0 Å².